The predicted octanol–water partition coefficient (Wildman–Crippen LogP) is 3.44. The Morgan fingerprint density at radius 1 is 1.11 bits per heavy atom. The Kier molecular flexibility index (Phi) is 4.15. The van der Waals surface area contributed by atoms with Crippen molar-refractivity contribution in [3.63, 3.8) is 0 Å². The molecule has 0 spiro atoms. The number of alkyl halides is 1. The van der Waals surface area contributed by atoms with Crippen LogP contribution in [0.4, 0.5) is 5.82 Å². The van der Waals surface area contributed by atoms with Gasteiger partial charge >= 0.3 is 0 Å². The first kappa shape index (κ1) is 12.8. The summed E-state index contributed by atoms with van der Waals surface area (Å²) in [5, 5.41) is 3.30. The molecule has 18 heavy (non-hydrogen) atoms. The van der Waals surface area contributed by atoms with Crippen LogP contribution in [0, 0.1) is 13.8 Å². The van der Waals surface area contributed by atoms with Crippen molar-refractivity contribution in [2.45, 2.75) is 26.3 Å². The number of nitrogens with zero attached hydrogens (tertiary/aromatic N) is 2. The topological polar surface area (TPSA) is 37.8 Å². The van der Waals surface area contributed by atoms with Gasteiger partial charge in [-0.3, -0.25) is 0 Å². The lowest BCUT2D eigenvalue weighted by Crippen LogP contribution is -2.04. The third-order valence-electron chi connectivity index (χ3n) is 2.59. The average Bonchev–Trinajstić information content (AvgIpc) is 2.35. The molecule has 0 saturated heterocycles. The van der Waals surface area contributed by atoms with E-state index in [9.17, 15) is 0 Å². The maximum Gasteiger partial charge on any atom is 0.130 e. The lowest BCUT2D eigenvalue weighted by molar-refractivity contribution is 0.991. The van der Waals surface area contributed by atoms with Crippen molar-refractivity contribution in [1.82, 2.24) is 9.97 Å². The zero-order valence-corrected chi connectivity index (χ0v) is 11.3. The standard InChI is InChI=1S/C14H16ClN3/c1-10-6-14(18-11(2)17-10)16-9-13-5-3-4-12(7-13)8-15/h3-7H,8-9H2,1-2H3,(H,16,17,18). The molecule has 1 aromatic heterocycles. The van der Waals surface area contributed by atoms with Crippen LogP contribution < -0.4 is 5.32 Å². The molecule has 4 heteroatoms. The van der Waals surface area contributed by atoms with Crippen LogP contribution in [0.3, 0.4) is 0 Å². The maximum absolute atomic E-state index is 5.82. The summed E-state index contributed by atoms with van der Waals surface area (Å²) in [6, 6.07) is 10.2. The van der Waals surface area contributed by atoms with Gasteiger partial charge in [0.15, 0.2) is 0 Å². The van der Waals surface area contributed by atoms with E-state index < -0.39 is 0 Å². The molecule has 2 aromatic rings. The van der Waals surface area contributed by atoms with Crippen LogP contribution in [0.1, 0.15) is 22.6 Å². The van der Waals surface area contributed by atoms with E-state index in [1.807, 2.05) is 32.0 Å². The minimum absolute atomic E-state index is 0.541. The quantitative estimate of drug-likeness (QED) is 0.857. The molecule has 0 radical (unpaired) electrons. The Hall–Kier alpha value is -1.61. The number of hydrogen-bond acceptors (Lipinski definition) is 3. The normalized spacial score (nSPS) is 10.4. The number of benzene rings is 1. The second-order valence-electron chi connectivity index (χ2n) is 4.25. The van der Waals surface area contributed by atoms with Crippen LogP contribution in [0.25, 0.3) is 0 Å². The number of halogens is 1. The molecule has 0 bridgehead atoms. The molecule has 2 rings (SSSR count). The van der Waals surface area contributed by atoms with Gasteiger partial charge < -0.3 is 5.32 Å². The van der Waals surface area contributed by atoms with Gasteiger partial charge in [0.2, 0.25) is 0 Å². The number of hydrogen-bond donors (Lipinski definition) is 1. The van der Waals surface area contributed by atoms with E-state index in [1.165, 1.54) is 5.56 Å². The number of nitrogens with one attached hydrogen (secondary N) is 1. The van der Waals surface area contributed by atoms with E-state index in [0.29, 0.717) is 5.88 Å². The van der Waals surface area contributed by atoms with E-state index in [0.717, 1.165) is 29.4 Å². The van der Waals surface area contributed by atoms with Gasteiger partial charge in [-0.25, -0.2) is 9.97 Å². The summed E-state index contributed by atoms with van der Waals surface area (Å²) in [4.78, 5) is 8.59. The molecule has 0 saturated carbocycles. The van der Waals surface area contributed by atoms with Gasteiger partial charge in [0.05, 0.1) is 0 Å². The van der Waals surface area contributed by atoms with E-state index in [-0.39, 0.29) is 0 Å². The largest absolute Gasteiger partial charge is 0.366 e. The highest BCUT2D eigenvalue weighted by atomic mass is 35.5. The summed E-state index contributed by atoms with van der Waals surface area (Å²) in [6.07, 6.45) is 0. The molecule has 0 aliphatic carbocycles. The van der Waals surface area contributed by atoms with E-state index in [2.05, 4.69) is 27.4 Å². The summed E-state index contributed by atoms with van der Waals surface area (Å²) in [5.41, 5.74) is 3.30. The number of rotatable bonds is 4. The fourth-order valence-electron chi connectivity index (χ4n) is 1.82. The minimum atomic E-state index is 0.541. The van der Waals surface area contributed by atoms with Crippen LogP contribution in [-0.4, -0.2) is 9.97 Å². The highest BCUT2D eigenvalue weighted by Gasteiger charge is 1.99. The Morgan fingerprint density at radius 3 is 2.61 bits per heavy atom. The fraction of sp³-hybridized carbons (Fsp3) is 0.286. The first-order chi connectivity index (χ1) is 8.67. The lowest BCUT2D eigenvalue weighted by Gasteiger charge is -2.08. The highest BCUT2D eigenvalue weighted by molar-refractivity contribution is 6.17. The van der Waals surface area contributed by atoms with Gasteiger partial charge in [-0.05, 0) is 25.0 Å². The summed E-state index contributed by atoms with van der Waals surface area (Å²) in [6.45, 7) is 4.60. The zero-order chi connectivity index (χ0) is 13.0. The van der Waals surface area contributed by atoms with Crippen molar-refractivity contribution in [1.29, 1.82) is 0 Å². The Labute approximate surface area is 112 Å². The number of aromatic nitrogens is 2. The van der Waals surface area contributed by atoms with Crippen LogP contribution in [-0.2, 0) is 12.4 Å². The molecule has 0 fully saturated rings. The van der Waals surface area contributed by atoms with Gasteiger partial charge in [0, 0.05) is 24.2 Å². The highest BCUT2D eigenvalue weighted by Crippen LogP contribution is 2.11. The molecule has 1 N–H and O–H groups in total. The van der Waals surface area contributed by atoms with Gasteiger partial charge in [-0.15, -0.1) is 11.6 Å². The van der Waals surface area contributed by atoms with Crippen molar-refractivity contribution < 1.29 is 0 Å². The molecule has 0 aliphatic rings. The molecule has 0 unspecified atom stereocenters. The SMILES string of the molecule is Cc1cc(NCc2cccc(CCl)c2)nc(C)n1. The van der Waals surface area contributed by atoms with Crippen LogP contribution in [0.15, 0.2) is 30.3 Å². The number of anilines is 1. The van der Waals surface area contributed by atoms with Crippen molar-refractivity contribution in [2.75, 3.05) is 5.32 Å². The molecule has 94 valence electrons. The first-order valence-corrected chi connectivity index (χ1v) is 6.41. The summed E-state index contributed by atoms with van der Waals surface area (Å²) in [7, 11) is 0. The van der Waals surface area contributed by atoms with Gasteiger partial charge in [-0.1, -0.05) is 24.3 Å². The molecule has 0 amide bonds. The van der Waals surface area contributed by atoms with Gasteiger partial charge in [0.25, 0.3) is 0 Å². The number of aryl methyl sites for hydroxylation is 2. The molecule has 0 aliphatic heterocycles. The summed E-state index contributed by atoms with van der Waals surface area (Å²) >= 11 is 5.82. The lowest BCUT2D eigenvalue weighted by atomic mass is 10.1. The second kappa shape index (κ2) is 5.83. The Bertz CT molecular complexity index is 520. The van der Waals surface area contributed by atoms with Crippen LogP contribution in [0.5, 0.6) is 0 Å². The Morgan fingerprint density at radius 2 is 1.89 bits per heavy atom. The predicted molar refractivity (Wildman–Crippen MR) is 74.8 cm³/mol. The van der Waals surface area contributed by atoms with Crippen LogP contribution in [0.2, 0.25) is 0 Å². The minimum Gasteiger partial charge on any atom is -0.366 e. The zero-order valence-electron chi connectivity index (χ0n) is 10.6. The molecule has 1 aromatic carbocycles. The fourth-order valence-corrected chi connectivity index (χ4v) is 1.99. The molecule has 1 heterocycles. The van der Waals surface area contributed by atoms with Crippen LogP contribution >= 0.6 is 11.6 Å². The first-order valence-electron chi connectivity index (χ1n) is 5.87. The third kappa shape index (κ3) is 3.44. The van der Waals surface area contributed by atoms with Gasteiger partial charge in [-0.2, -0.15) is 0 Å². The monoisotopic (exact) mass is 261 g/mol. The molecule has 3 nitrogen and oxygen atoms in total. The van der Waals surface area contributed by atoms with Crippen molar-refractivity contribution in [3.8, 4) is 0 Å². The molecular formula is C14H16ClN3. The third-order valence-corrected chi connectivity index (χ3v) is 2.89. The van der Waals surface area contributed by atoms with E-state index in [1.54, 1.807) is 0 Å². The summed E-state index contributed by atoms with van der Waals surface area (Å²) in [5.74, 6) is 2.18. The van der Waals surface area contributed by atoms with Crippen molar-refractivity contribution in [3.05, 3.63) is 53.0 Å². The Balaban J connectivity index is 2.06. The average molecular weight is 262 g/mol. The van der Waals surface area contributed by atoms with E-state index >= 15 is 0 Å². The smallest absolute Gasteiger partial charge is 0.130 e. The maximum atomic E-state index is 5.82. The molecular weight excluding hydrogens is 246 g/mol. The van der Waals surface area contributed by atoms with E-state index in [4.69, 9.17) is 11.6 Å². The molecule has 0 atom stereocenters. The van der Waals surface area contributed by atoms with Gasteiger partial charge in [0.1, 0.15) is 11.6 Å². The van der Waals surface area contributed by atoms with Crippen molar-refractivity contribution >= 4 is 17.4 Å². The second-order valence-corrected chi connectivity index (χ2v) is 4.52. The van der Waals surface area contributed by atoms with Crippen molar-refractivity contribution in [2.24, 2.45) is 0 Å². The summed E-state index contributed by atoms with van der Waals surface area (Å²) < 4.78 is 0.